The van der Waals surface area contributed by atoms with Crippen LogP contribution in [0.15, 0.2) is 12.3 Å². The van der Waals surface area contributed by atoms with Gasteiger partial charge in [-0.15, -0.1) is 0 Å². The molecule has 0 amide bonds. The van der Waals surface area contributed by atoms with Gasteiger partial charge in [0.2, 0.25) is 5.82 Å². The first-order valence-corrected chi connectivity index (χ1v) is 3.69. The first-order chi connectivity index (χ1) is 6.20. The minimum atomic E-state index is -0.468. The molecule has 1 heterocycles. The summed E-state index contributed by atoms with van der Waals surface area (Å²) in [6, 6.07) is 1.55. The normalized spacial score (nSPS) is 9.38. The van der Waals surface area contributed by atoms with Gasteiger partial charge in [0.25, 0.3) is 0 Å². The minimum absolute atomic E-state index is 0.0347. The number of anilines is 2. The van der Waals surface area contributed by atoms with Gasteiger partial charge in [-0.2, -0.15) is 0 Å². The van der Waals surface area contributed by atoms with Crippen molar-refractivity contribution in [2.24, 2.45) is 0 Å². The number of nitrogens with zero attached hydrogens (tertiary/aromatic N) is 2. The number of hydrogen-bond acceptors (Lipinski definition) is 5. The molecule has 0 aliphatic rings. The van der Waals surface area contributed by atoms with E-state index in [1.54, 1.807) is 20.2 Å². The highest BCUT2D eigenvalue weighted by Gasteiger charge is 2.18. The van der Waals surface area contributed by atoms with Gasteiger partial charge in [-0.25, -0.2) is 4.98 Å². The zero-order valence-electron chi connectivity index (χ0n) is 7.37. The summed E-state index contributed by atoms with van der Waals surface area (Å²) in [6.45, 7) is 0. The lowest BCUT2D eigenvalue weighted by Crippen LogP contribution is -2.02. The lowest BCUT2D eigenvalue weighted by atomic mass is 10.3. The lowest BCUT2D eigenvalue weighted by Gasteiger charge is -2.04. The molecule has 0 aliphatic heterocycles. The predicted molar refractivity (Wildman–Crippen MR) is 50.0 cm³/mol. The second kappa shape index (κ2) is 3.70. The standard InChI is InChI=1S/C7H10N4O2/c1-8-5-3-4-10-7(9-2)6(5)11(12)13/h3-4H,1-2H3,(H2,8,9,10). The fraction of sp³-hybridized carbons (Fsp3) is 0.286. The average molecular weight is 182 g/mol. The monoisotopic (exact) mass is 182 g/mol. The third-order valence-electron chi connectivity index (χ3n) is 1.61. The van der Waals surface area contributed by atoms with Gasteiger partial charge in [0.05, 0.1) is 4.92 Å². The summed E-state index contributed by atoms with van der Waals surface area (Å²) in [7, 11) is 3.22. The Morgan fingerprint density at radius 1 is 1.46 bits per heavy atom. The van der Waals surface area contributed by atoms with Crippen molar-refractivity contribution >= 4 is 17.2 Å². The van der Waals surface area contributed by atoms with E-state index in [1.807, 2.05) is 0 Å². The van der Waals surface area contributed by atoms with Gasteiger partial charge in [0.1, 0.15) is 5.69 Å². The van der Waals surface area contributed by atoms with Crippen molar-refractivity contribution in [2.45, 2.75) is 0 Å². The summed E-state index contributed by atoms with van der Waals surface area (Å²) in [6.07, 6.45) is 1.50. The van der Waals surface area contributed by atoms with Crippen molar-refractivity contribution < 1.29 is 4.92 Å². The molecule has 0 bridgehead atoms. The topological polar surface area (TPSA) is 80.1 Å². The molecule has 6 nitrogen and oxygen atoms in total. The Bertz CT molecular complexity index is 304. The van der Waals surface area contributed by atoms with E-state index < -0.39 is 4.92 Å². The van der Waals surface area contributed by atoms with Crippen molar-refractivity contribution in [3.63, 3.8) is 0 Å². The second-order valence-corrected chi connectivity index (χ2v) is 2.31. The zero-order valence-corrected chi connectivity index (χ0v) is 7.37. The van der Waals surface area contributed by atoms with Crippen LogP contribution in [0.3, 0.4) is 0 Å². The van der Waals surface area contributed by atoms with E-state index in [0.29, 0.717) is 5.69 Å². The van der Waals surface area contributed by atoms with Gasteiger partial charge in [0, 0.05) is 20.3 Å². The van der Waals surface area contributed by atoms with E-state index in [9.17, 15) is 10.1 Å². The molecule has 0 aromatic carbocycles. The second-order valence-electron chi connectivity index (χ2n) is 2.31. The van der Waals surface area contributed by atoms with Gasteiger partial charge in [-0.1, -0.05) is 0 Å². The van der Waals surface area contributed by atoms with Crippen LogP contribution in [0.2, 0.25) is 0 Å². The largest absolute Gasteiger partial charge is 0.382 e. The molecule has 1 aromatic heterocycles. The van der Waals surface area contributed by atoms with E-state index in [2.05, 4.69) is 15.6 Å². The van der Waals surface area contributed by atoms with E-state index in [1.165, 1.54) is 6.20 Å². The Morgan fingerprint density at radius 3 is 2.62 bits per heavy atom. The molecule has 0 fully saturated rings. The van der Waals surface area contributed by atoms with E-state index in [4.69, 9.17) is 0 Å². The molecule has 0 unspecified atom stereocenters. The van der Waals surface area contributed by atoms with E-state index in [0.717, 1.165) is 0 Å². The van der Waals surface area contributed by atoms with Gasteiger partial charge in [-0.3, -0.25) is 10.1 Å². The Hall–Kier alpha value is -1.85. The molecule has 1 aromatic rings. The molecule has 1 rings (SSSR count). The fourth-order valence-electron chi connectivity index (χ4n) is 1.02. The van der Waals surface area contributed by atoms with Crippen molar-refractivity contribution in [1.82, 2.24) is 4.98 Å². The molecule has 0 aliphatic carbocycles. The molecule has 0 spiro atoms. The summed E-state index contributed by atoms with van der Waals surface area (Å²) >= 11 is 0. The quantitative estimate of drug-likeness (QED) is 0.540. The van der Waals surface area contributed by atoms with Crippen LogP contribution < -0.4 is 10.6 Å². The highest BCUT2D eigenvalue weighted by atomic mass is 16.6. The Balaban J connectivity index is 3.29. The summed E-state index contributed by atoms with van der Waals surface area (Å²) in [5, 5.41) is 16.0. The number of nitrogens with one attached hydrogen (secondary N) is 2. The fourth-order valence-corrected chi connectivity index (χ4v) is 1.02. The highest BCUT2D eigenvalue weighted by molar-refractivity contribution is 5.72. The van der Waals surface area contributed by atoms with Crippen molar-refractivity contribution in [3.05, 3.63) is 22.4 Å². The third kappa shape index (κ3) is 1.66. The number of nitro groups is 1. The summed E-state index contributed by atoms with van der Waals surface area (Å²) < 4.78 is 0. The van der Waals surface area contributed by atoms with E-state index in [-0.39, 0.29) is 11.5 Å². The maximum atomic E-state index is 10.6. The molecule has 2 N–H and O–H groups in total. The van der Waals surface area contributed by atoms with Crippen molar-refractivity contribution in [2.75, 3.05) is 24.7 Å². The van der Waals surface area contributed by atoms with Crippen molar-refractivity contribution in [1.29, 1.82) is 0 Å². The first-order valence-electron chi connectivity index (χ1n) is 3.69. The highest BCUT2D eigenvalue weighted by Crippen LogP contribution is 2.29. The van der Waals surface area contributed by atoms with Gasteiger partial charge < -0.3 is 10.6 Å². The van der Waals surface area contributed by atoms with Gasteiger partial charge >= 0.3 is 5.69 Å². The molecule has 0 saturated carbocycles. The minimum Gasteiger partial charge on any atom is -0.382 e. The molecule has 0 saturated heterocycles. The van der Waals surface area contributed by atoms with Gasteiger partial charge in [0.15, 0.2) is 0 Å². The number of rotatable bonds is 3. The molecular formula is C7H10N4O2. The molecule has 13 heavy (non-hydrogen) atoms. The Labute approximate surface area is 75.1 Å². The maximum absolute atomic E-state index is 10.6. The van der Waals surface area contributed by atoms with Crippen LogP contribution in [0.4, 0.5) is 17.2 Å². The average Bonchev–Trinajstić information content (AvgIpc) is 2.16. The SMILES string of the molecule is CNc1ccnc(NC)c1[N+](=O)[O-]. The van der Waals surface area contributed by atoms with Crippen LogP contribution in [-0.4, -0.2) is 24.0 Å². The molecule has 6 heteroatoms. The number of hydrogen-bond donors (Lipinski definition) is 2. The Morgan fingerprint density at radius 2 is 2.15 bits per heavy atom. The van der Waals surface area contributed by atoms with E-state index >= 15 is 0 Å². The van der Waals surface area contributed by atoms with Crippen molar-refractivity contribution in [3.8, 4) is 0 Å². The molecular weight excluding hydrogens is 172 g/mol. The van der Waals surface area contributed by atoms with Gasteiger partial charge in [-0.05, 0) is 6.07 Å². The molecule has 0 atom stereocenters. The van der Waals surface area contributed by atoms with Crippen LogP contribution in [0, 0.1) is 10.1 Å². The molecule has 0 radical (unpaired) electrons. The Kier molecular flexibility index (Phi) is 2.63. The lowest BCUT2D eigenvalue weighted by molar-refractivity contribution is -0.383. The summed E-state index contributed by atoms with van der Waals surface area (Å²) in [5.74, 6) is 0.261. The number of aromatic nitrogens is 1. The number of pyridine rings is 1. The summed E-state index contributed by atoms with van der Waals surface area (Å²) in [5.41, 5.74) is 0.414. The molecule has 70 valence electrons. The van der Waals surface area contributed by atoms with Crippen LogP contribution in [0.5, 0.6) is 0 Å². The van der Waals surface area contributed by atoms with Crippen LogP contribution in [-0.2, 0) is 0 Å². The smallest absolute Gasteiger partial charge is 0.334 e. The van der Waals surface area contributed by atoms with Crippen LogP contribution in [0.1, 0.15) is 0 Å². The zero-order chi connectivity index (χ0) is 9.84. The maximum Gasteiger partial charge on any atom is 0.334 e. The third-order valence-corrected chi connectivity index (χ3v) is 1.61. The van der Waals surface area contributed by atoms with Crippen LogP contribution in [0.25, 0.3) is 0 Å². The van der Waals surface area contributed by atoms with Crippen LogP contribution >= 0.6 is 0 Å². The predicted octanol–water partition coefficient (Wildman–Crippen LogP) is 1.07. The summed E-state index contributed by atoms with van der Waals surface area (Å²) in [4.78, 5) is 14.0. The first kappa shape index (κ1) is 9.24.